The van der Waals surface area contributed by atoms with Crippen LogP contribution in [0.25, 0.3) is 11.6 Å². The molecule has 2 saturated heterocycles. The number of rotatable bonds is 4. The lowest BCUT2D eigenvalue weighted by Gasteiger charge is -2.34. The van der Waals surface area contributed by atoms with Crippen LogP contribution in [0.3, 0.4) is 0 Å². The monoisotopic (exact) mass is 661 g/mol. The maximum atomic E-state index is 12.3. The van der Waals surface area contributed by atoms with Gasteiger partial charge in [-0.3, -0.25) is 9.69 Å². The molecule has 1 aliphatic carbocycles. The van der Waals surface area contributed by atoms with Gasteiger partial charge in [0.25, 0.3) is 5.91 Å². The molecule has 266 valence electrons. The Hall–Kier alpha value is -3.04. The van der Waals surface area contributed by atoms with Gasteiger partial charge in [0, 0.05) is 69.2 Å². The van der Waals surface area contributed by atoms with E-state index in [1.165, 1.54) is 93.4 Å². The lowest BCUT2D eigenvalue weighted by atomic mass is 9.78. The molecule has 3 heterocycles. The molecule has 48 heavy (non-hydrogen) atoms. The number of benzene rings is 2. The van der Waals surface area contributed by atoms with Gasteiger partial charge in [-0.2, -0.15) is 0 Å². The highest BCUT2D eigenvalue weighted by atomic mass is 16.1. The largest absolute Gasteiger partial charge is 0.373 e. The lowest BCUT2D eigenvalue weighted by Crippen LogP contribution is -2.43. The van der Waals surface area contributed by atoms with E-state index in [1.54, 1.807) is 7.05 Å². The Balaban J connectivity index is 0.000000303. The van der Waals surface area contributed by atoms with Crippen LogP contribution in [0.2, 0.25) is 0 Å². The molecule has 0 radical (unpaired) electrons. The molecule has 8 nitrogen and oxygen atoms in total. The normalized spacial score (nSPS) is 21.7. The van der Waals surface area contributed by atoms with E-state index in [2.05, 4.69) is 74.1 Å². The second kappa shape index (κ2) is 21.1. The number of fused-ring (bicyclic) bond motifs is 2. The van der Waals surface area contributed by atoms with Crippen molar-refractivity contribution < 1.29 is 9.59 Å². The molecule has 1 atom stereocenters. The predicted molar refractivity (Wildman–Crippen MR) is 204 cm³/mol. The second-order valence-electron chi connectivity index (χ2n) is 13.4. The molecular weight excluding hydrogens is 596 g/mol. The molecule has 2 aromatic rings. The number of anilines is 1. The van der Waals surface area contributed by atoms with Gasteiger partial charge in [-0.15, -0.1) is 0 Å². The van der Waals surface area contributed by atoms with E-state index in [9.17, 15) is 9.59 Å². The molecular formula is C40H64N6O2. The van der Waals surface area contributed by atoms with Crippen LogP contribution in [0, 0.1) is 11.8 Å². The number of carbonyl (C=O) groups excluding carboxylic acids is 2. The molecule has 3 aliphatic heterocycles. The summed E-state index contributed by atoms with van der Waals surface area (Å²) >= 11 is 0. The van der Waals surface area contributed by atoms with E-state index >= 15 is 0 Å². The number of amides is 1. The summed E-state index contributed by atoms with van der Waals surface area (Å²) in [4.78, 5) is 31.4. The van der Waals surface area contributed by atoms with Crippen LogP contribution < -0.4 is 20.9 Å². The van der Waals surface area contributed by atoms with Crippen LogP contribution in [0.1, 0.15) is 85.8 Å². The van der Waals surface area contributed by atoms with Gasteiger partial charge in [0.2, 0.25) is 0 Å². The first-order chi connectivity index (χ1) is 23.4. The third kappa shape index (κ3) is 11.3. The summed E-state index contributed by atoms with van der Waals surface area (Å²) in [7, 11) is 9.66. The zero-order chi connectivity index (χ0) is 34.9. The van der Waals surface area contributed by atoms with Crippen molar-refractivity contribution in [3.8, 4) is 0 Å². The fourth-order valence-corrected chi connectivity index (χ4v) is 7.32. The minimum Gasteiger partial charge on any atom is -0.373 e. The van der Waals surface area contributed by atoms with Crippen molar-refractivity contribution in [2.24, 2.45) is 11.8 Å². The van der Waals surface area contributed by atoms with Crippen LogP contribution in [0.15, 0.2) is 42.5 Å². The maximum Gasteiger partial charge on any atom is 0.251 e. The van der Waals surface area contributed by atoms with Gasteiger partial charge in [0.05, 0.1) is 0 Å². The number of nitrogens with one attached hydrogen (secondary N) is 3. The summed E-state index contributed by atoms with van der Waals surface area (Å²) in [6.07, 6.45) is 13.1. The quantitative estimate of drug-likeness (QED) is 0.359. The number of carbonyl (C=O) groups is 2. The standard InChI is InChI=1S/C27H32N2O2.C9H19N3.C2H7N.C2H6/c1-28-27(31)23-12-13-24-25(20-8-4-3-5-9-20)15-22-11-7-6-10-21(22)14-19(18-30)17-29(2)26(24)16-23;1-11-5-2-9(3-6-11)12-7-4-10-8-12;1-3-2;1-2/h6-7,10-13,15-16,18-20H,3-5,8-9,14,17H2,1-2H3,(H,28,31);9-10H,2-8H2,1H3;3H,1-2H3;1-2H3/b25-15+;;;/t19-;;;/m0.../s1. The molecule has 8 heteroatoms. The van der Waals surface area contributed by atoms with Gasteiger partial charge in [0.15, 0.2) is 0 Å². The zero-order valence-corrected chi connectivity index (χ0v) is 31.0. The number of aldehydes is 1. The minimum absolute atomic E-state index is 0.0891. The lowest BCUT2D eigenvalue weighted by molar-refractivity contribution is -0.110. The summed E-state index contributed by atoms with van der Waals surface area (Å²) in [5.74, 6) is 0.321. The number of hydrogen-bond donors (Lipinski definition) is 3. The summed E-state index contributed by atoms with van der Waals surface area (Å²) in [6, 6.07) is 15.3. The second-order valence-corrected chi connectivity index (χ2v) is 13.4. The summed E-state index contributed by atoms with van der Waals surface area (Å²) in [5, 5.41) is 8.88. The summed E-state index contributed by atoms with van der Waals surface area (Å²) < 4.78 is 0. The highest BCUT2D eigenvalue weighted by Crippen LogP contribution is 2.41. The number of allylic oxidation sites excluding steroid dienone is 1. The number of hydrogen-bond acceptors (Lipinski definition) is 7. The maximum absolute atomic E-state index is 12.3. The Morgan fingerprint density at radius 1 is 0.917 bits per heavy atom. The Morgan fingerprint density at radius 2 is 1.60 bits per heavy atom. The Morgan fingerprint density at radius 3 is 2.23 bits per heavy atom. The van der Waals surface area contributed by atoms with Crippen LogP contribution in [-0.4, -0.2) is 103 Å². The summed E-state index contributed by atoms with van der Waals surface area (Å²) in [6.45, 7) is 10.7. The van der Waals surface area contributed by atoms with Crippen molar-refractivity contribution >= 4 is 29.5 Å². The molecule has 0 spiro atoms. The molecule has 1 saturated carbocycles. The highest BCUT2D eigenvalue weighted by Gasteiger charge is 2.26. The van der Waals surface area contributed by atoms with Gasteiger partial charge in [0.1, 0.15) is 6.29 Å². The molecule has 0 bridgehead atoms. The molecule has 4 aliphatic rings. The van der Waals surface area contributed by atoms with Gasteiger partial charge >= 0.3 is 0 Å². The van der Waals surface area contributed by atoms with Gasteiger partial charge in [-0.05, 0) is 101 Å². The fraction of sp³-hybridized carbons (Fsp3) is 0.600. The SMILES string of the molecule is CC.CN1CCC(N2CCNC2)CC1.CNC.CNC(=O)c1ccc2c(c1)N(C)C[C@@H](C=O)Cc1ccccc1/C=C/2C1CCCCC1. The van der Waals surface area contributed by atoms with E-state index in [-0.39, 0.29) is 11.8 Å². The van der Waals surface area contributed by atoms with Crippen molar-refractivity contribution in [3.05, 3.63) is 64.7 Å². The first-order valence-corrected chi connectivity index (χ1v) is 18.4. The Bertz CT molecular complexity index is 1280. The third-order valence-corrected chi connectivity index (χ3v) is 9.90. The number of likely N-dealkylation sites (tertiary alicyclic amines) is 1. The van der Waals surface area contributed by atoms with E-state index in [0.29, 0.717) is 18.0 Å². The van der Waals surface area contributed by atoms with E-state index in [1.807, 2.05) is 47.1 Å². The molecule has 3 N–H and O–H groups in total. The minimum atomic E-state index is -0.104. The molecule has 3 fully saturated rings. The average Bonchev–Trinajstić information content (AvgIpc) is 3.68. The topological polar surface area (TPSA) is 80.0 Å². The Kier molecular flexibility index (Phi) is 17.3. The molecule has 2 aromatic carbocycles. The van der Waals surface area contributed by atoms with Crippen molar-refractivity contribution in [3.63, 3.8) is 0 Å². The first kappa shape index (κ1) is 39.4. The van der Waals surface area contributed by atoms with E-state index in [4.69, 9.17) is 0 Å². The van der Waals surface area contributed by atoms with Gasteiger partial charge in [-0.1, -0.05) is 69.5 Å². The van der Waals surface area contributed by atoms with Crippen LogP contribution in [0.5, 0.6) is 0 Å². The number of piperidine rings is 1. The van der Waals surface area contributed by atoms with Crippen LogP contribution in [-0.2, 0) is 11.2 Å². The van der Waals surface area contributed by atoms with Crippen molar-refractivity contribution in [1.29, 1.82) is 0 Å². The fourth-order valence-electron chi connectivity index (χ4n) is 7.32. The molecule has 1 amide bonds. The predicted octanol–water partition coefficient (Wildman–Crippen LogP) is 5.78. The van der Waals surface area contributed by atoms with Crippen molar-refractivity contribution in [1.82, 2.24) is 25.8 Å². The smallest absolute Gasteiger partial charge is 0.251 e. The van der Waals surface area contributed by atoms with Gasteiger partial charge in [-0.25, -0.2) is 0 Å². The third-order valence-electron chi connectivity index (χ3n) is 9.90. The van der Waals surface area contributed by atoms with Crippen molar-refractivity contribution in [2.75, 3.05) is 79.5 Å². The van der Waals surface area contributed by atoms with E-state index < -0.39 is 0 Å². The molecule has 0 aromatic heterocycles. The molecule has 6 rings (SSSR count). The van der Waals surface area contributed by atoms with Gasteiger partial charge < -0.3 is 30.5 Å². The zero-order valence-electron chi connectivity index (χ0n) is 31.0. The summed E-state index contributed by atoms with van der Waals surface area (Å²) in [5.41, 5.74) is 6.67. The Labute approximate surface area is 291 Å². The number of nitrogens with zero attached hydrogens (tertiary/aromatic N) is 3. The average molecular weight is 661 g/mol. The van der Waals surface area contributed by atoms with E-state index in [0.717, 1.165) is 31.1 Å². The van der Waals surface area contributed by atoms with Crippen LogP contribution >= 0.6 is 0 Å². The van der Waals surface area contributed by atoms with Crippen molar-refractivity contribution in [2.45, 2.75) is 71.3 Å². The highest BCUT2D eigenvalue weighted by molar-refractivity contribution is 5.97. The first-order valence-electron chi connectivity index (χ1n) is 18.4. The van der Waals surface area contributed by atoms with Crippen LogP contribution in [0.4, 0.5) is 5.69 Å². The molecule has 0 unspecified atom stereocenters.